The van der Waals surface area contributed by atoms with Gasteiger partial charge in [0.2, 0.25) is 6.79 Å². The summed E-state index contributed by atoms with van der Waals surface area (Å²) in [7, 11) is 1.45. The minimum atomic E-state index is -1.01. The van der Waals surface area contributed by atoms with Crippen LogP contribution in [0.25, 0.3) is 0 Å². The highest BCUT2D eigenvalue weighted by Gasteiger charge is 2.30. The zero-order chi connectivity index (χ0) is 24.7. The van der Waals surface area contributed by atoms with Gasteiger partial charge in [0, 0.05) is 35.0 Å². The van der Waals surface area contributed by atoms with E-state index in [0.717, 1.165) is 0 Å². The van der Waals surface area contributed by atoms with Crippen molar-refractivity contribution < 1.29 is 38.9 Å². The van der Waals surface area contributed by atoms with Gasteiger partial charge in [-0.05, 0) is 53.0 Å². The van der Waals surface area contributed by atoms with Gasteiger partial charge in [-0.15, -0.1) is 0 Å². The fourth-order valence-corrected chi connectivity index (χ4v) is 4.52. The van der Waals surface area contributed by atoms with E-state index in [2.05, 4.69) is 37.2 Å². The Morgan fingerprint density at radius 2 is 1.97 bits per heavy atom. The van der Waals surface area contributed by atoms with Crippen molar-refractivity contribution in [3.63, 3.8) is 0 Å². The second kappa shape index (κ2) is 12.1. The first-order valence-corrected chi connectivity index (χ1v) is 11.6. The molecule has 0 aliphatic carbocycles. The molecule has 0 unspecified atom stereocenters. The van der Waals surface area contributed by atoms with Crippen LogP contribution in [0.15, 0.2) is 51.4 Å². The van der Waals surface area contributed by atoms with Gasteiger partial charge in [0.1, 0.15) is 5.75 Å². The molecule has 2 aromatic carbocycles. The summed E-state index contributed by atoms with van der Waals surface area (Å²) in [6, 6.07) is 8.19. The monoisotopic (exact) mass is 600 g/mol. The van der Waals surface area contributed by atoms with Crippen LogP contribution < -0.4 is 20.3 Å². The van der Waals surface area contributed by atoms with E-state index < -0.39 is 24.2 Å². The number of rotatable bonds is 9. The molecule has 0 radical (unpaired) electrons. The van der Waals surface area contributed by atoms with E-state index in [1.807, 2.05) is 0 Å². The number of hydroxylamine groups is 1. The Bertz CT molecular complexity index is 1080. The number of methoxy groups -OCH3 is 1. The highest BCUT2D eigenvalue weighted by atomic mass is 79.9. The second-order valence-corrected chi connectivity index (χ2v) is 8.84. The van der Waals surface area contributed by atoms with Gasteiger partial charge in [-0.1, -0.05) is 22.0 Å². The number of carbonyl (C=O) groups excluding carboxylic acids is 2. The highest BCUT2D eigenvalue weighted by molar-refractivity contribution is 9.11. The molecule has 4 N–H and O–H groups in total. The Morgan fingerprint density at radius 1 is 1.21 bits per heavy atom. The van der Waals surface area contributed by atoms with Crippen LogP contribution in [-0.4, -0.2) is 42.3 Å². The summed E-state index contributed by atoms with van der Waals surface area (Å²) in [4.78, 5) is 24.0. The van der Waals surface area contributed by atoms with Crippen LogP contribution >= 0.6 is 31.9 Å². The lowest BCUT2D eigenvalue weighted by atomic mass is 9.99. The molecule has 0 spiro atoms. The van der Waals surface area contributed by atoms with E-state index in [0.29, 0.717) is 44.5 Å². The molecular weight excluding hydrogens is 580 g/mol. The van der Waals surface area contributed by atoms with Crippen LogP contribution in [0.4, 0.5) is 10.5 Å². The molecule has 3 rings (SSSR count). The molecule has 12 heteroatoms. The first kappa shape index (κ1) is 25.8. The third kappa shape index (κ3) is 6.63. The van der Waals surface area contributed by atoms with Crippen LogP contribution in [0, 0.1) is 0 Å². The Morgan fingerprint density at radius 3 is 2.71 bits per heavy atom. The van der Waals surface area contributed by atoms with Crippen LogP contribution in [-0.2, 0) is 14.3 Å². The predicted molar refractivity (Wildman–Crippen MR) is 128 cm³/mol. The van der Waals surface area contributed by atoms with Gasteiger partial charge >= 0.3 is 6.09 Å². The molecular formula is C22H22Br2N2O8. The topological polar surface area (TPSA) is 136 Å². The number of hydrogen-bond donors (Lipinski definition) is 4. The lowest BCUT2D eigenvalue weighted by molar-refractivity contribution is -0.124. The number of anilines is 1. The minimum absolute atomic E-state index is 0.103. The van der Waals surface area contributed by atoms with Crippen LogP contribution in [0.5, 0.6) is 17.2 Å². The van der Waals surface area contributed by atoms with Crippen LogP contribution in [0.2, 0.25) is 0 Å². The molecule has 0 aromatic heterocycles. The molecule has 0 fully saturated rings. The van der Waals surface area contributed by atoms with Gasteiger partial charge in [-0.2, -0.15) is 0 Å². The van der Waals surface area contributed by atoms with Crippen molar-refractivity contribution in [2.45, 2.75) is 25.0 Å². The lowest BCUT2D eigenvalue weighted by Gasteiger charge is -2.27. The van der Waals surface area contributed by atoms with E-state index in [4.69, 9.17) is 24.2 Å². The predicted octanol–water partition coefficient (Wildman–Crippen LogP) is 4.79. The number of hydrogen-bond acceptors (Lipinski definition) is 8. The standard InChI is InChI=1S/C22H22Br2N2O8/c1-31-17(4-2-3-5-19(27)26-30)21(14-8-12(23)9-15(24)20(14)28)34-22(29)25-13-6-7-16-18(10-13)33-11-32-16/h3,5-10,17,21,28,30H,2,4,11H2,1H3,(H,25,29)(H,26,27)/b5-3+/t17-,21-/m0/s1. The fourth-order valence-electron chi connectivity index (χ4n) is 3.26. The Balaban J connectivity index is 1.81. The Labute approximate surface area is 212 Å². The van der Waals surface area contributed by atoms with E-state index in [1.165, 1.54) is 24.7 Å². The van der Waals surface area contributed by atoms with Gasteiger partial charge in [-0.25, -0.2) is 10.3 Å². The summed E-state index contributed by atoms with van der Waals surface area (Å²) in [6.07, 6.45) is 0.934. The summed E-state index contributed by atoms with van der Waals surface area (Å²) in [5, 5.41) is 21.9. The number of fused-ring (bicyclic) bond motifs is 1. The number of carbonyl (C=O) groups is 2. The number of allylic oxidation sites excluding steroid dienone is 1. The molecule has 0 saturated heterocycles. The summed E-state index contributed by atoms with van der Waals surface area (Å²) in [5.74, 6) is 0.291. The zero-order valence-corrected chi connectivity index (χ0v) is 21.1. The molecule has 1 heterocycles. The summed E-state index contributed by atoms with van der Waals surface area (Å²) in [5.41, 5.74) is 2.25. The van der Waals surface area contributed by atoms with Crippen molar-refractivity contribution in [1.82, 2.24) is 5.48 Å². The normalized spacial score (nSPS) is 14.0. The number of aromatic hydroxyl groups is 1. The quantitative estimate of drug-likeness (QED) is 0.183. The lowest BCUT2D eigenvalue weighted by Crippen LogP contribution is -2.28. The van der Waals surface area contributed by atoms with Crippen molar-refractivity contribution in [3.05, 3.63) is 57.0 Å². The summed E-state index contributed by atoms with van der Waals surface area (Å²) in [6.45, 7) is 0.103. The maximum Gasteiger partial charge on any atom is 0.412 e. The number of benzene rings is 2. The van der Waals surface area contributed by atoms with Crippen molar-refractivity contribution in [3.8, 4) is 17.2 Å². The van der Waals surface area contributed by atoms with E-state index >= 15 is 0 Å². The largest absolute Gasteiger partial charge is 0.506 e. The number of halogens is 2. The molecule has 0 saturated carbocycles. The molecule has 1 aliphatic heterocycles. The van der Waals surface area contributed by atoms with Crippen molar-refractivity contribution >= 4 is 49.5 Å². The third-order valence-electron chi connectivity index (χ3n) is 4.85. The Kier molecular flexibility index (Phi) is 9.16. The van der Waals surface area contributed by atoms with Gasteiger partial charge < -0.3 is 24.1 Å². The average Bonchev–Trinajstić information content (AvgIpc) is 3.28. The van der Waals surface area contributed by atoms with Gasteiger partial charge in [0.15, 0.2) is 17.6 Å². The zero-order valence-electron chi connectivity index (χ0n) is 17.9. The number of phenolic OH excluding ortho intramolecular Hbond substituents is 1. The number of nitrogens with one attached hydrogen (secondary N) is 2. The first-order chi connectivity index (χ1) is 16.3. The van der Waals surface area contributed by atoms with E-state index in [-0.39, 0.29) is 12.5 Å². The second-order valence-electron chi connectivity index (χ2n) is 7.07. The van der Waals surface area contributed by atoms with Gasteiger partial charge in [0.25, 0.3) is 5.91 Å². The maximum atomic E-state index is 12.8. The number of phenols is 1. The molecule has 1 aliphatic rings. The molecule has 2 aromatic rings. The number of ether oxygens (including phenoxy) is 4. The SMILES string of the molecule is CO[C@@H](CC/C=C/C(=O)NO)[C@@H](OC(=O)Nc1ccc2c(c1)OCO2)c1cc(Br)cc(Br)c1O. The van der Waals surface area contributed by atoms with Crippen molar-refractivity contribution in [2.75, 3.05) is 19.2 Å². The van der Waals surface area contributed by atoms with Crippen molar-refractivity contribution in [2.24, 2.45) is 0 Å². The highest BCUT2D eigenvalue weighted by Crippen LogP contribution is 2.40. The fraction of sp³-hybridized carbons (Fsp3) is 0.273. The third-order valence-corrected chi connectivity index (χ3v) is 5.92. The smallest absolute Gasteiger partial charge is 0.412 e. The molecule has 0 bridgehead atoms. The van der Waals surface area contributed by atoms with E-state index in [1.54, 1.807) is 30.3 Å². The Hall–Kier alpha value is -2.80. The van der Waals surface area contributed by atoms with Crippen LogP contribution in [0.1, 0.15) is 24.5 Å². The molecule has 34 heavy (non-hydrogen) atoms. The maximum absolute atomic E-state index is 12.8. The van der Waals surface area contributed by atoms with Gasteiger partial charge in [0.05, 0.1) is 10.6 Å². The summed E-state index contributed by atoms with van der Waals surface area (Å²) < 4.78 is 22.9. The van der Waals surface area contributed by atoms with E-state index in [9.17, 15) is 14.7 Å². The number of amides is 2. The average molecular weight is 602 g/mol. The molecule has 10 nitrogen and oxygen atoms in total. The summed E-state index contributed by atoms with van der Waals surface area (Å²) >= 11 is 6.67. The van der Waals surface area contributed by atoms with Gasteiger partial charge in [-0.3, -0.25) is 15.3 Å². The minimum Gasteiger partial charge on any atom is -0.506 e. The van der Waals surface area contributed by atoms with Crippen LogP contribution in [0.3, 0.4) is 0 Å². The molecule has 2 amide bonds. The first-order valence-electron chi connectivity index (χ1n) is 10.0. The molecule has 2 atom stereocenters. The van der Waals surface area contributed by atoms with Crippen molar-refractivity contribution in [1.29, 1.82) is 0 Å². The molecule has 182 valence electrons.